The Balaban J connectivity index is 1.40. The van der Waals surface area contributed by atoms with Crippen LogP contribution in [0.2, 0.25) is 0 Å². The lowest BCUT2D eigenvalue weighted by atomic mass is 9.93. The van der Waals surface area contributed by atoms with Gasteiger partial charge in [-0.1, -0.05) is 78.9 Å². The highest BCUT2D eigenvalue weighted by Gasteiger charge is 2.30. The second-order valence-electron chi connectivity index (χ2n) is 11.1. The molecule has 0 saturated heterocycles. The van der Waals surface area contributed by atoms with E-state index in [2.05, 4.69) is 74.6 Å². The molecule has 8 aromatic rings. The maximum absolute atomic E-state index is 10.6. The van der Waals surface area contributed by atoms with E-state index in [9.17, 15) is 5.26 Å². The first-order chi connectivity index (χ1) is 21.3. The predicted octanol–water partition coefficient (Wildman–Crippen LogP) is 9.97. The normalized spacial score (nSPS) is 15.6. The van der Waals surface area contributed by atoms with E-state index in [1.165, 1.54) is 0 Å². The van der Waals surface area contributed by atoms with Gasteiger partial charge in [-0.15, -0.1) is 0 Å². The van der Waals surface area contributed by atoms with Crippen molar-refractivity contribution < 1.29 is 4.42 Å². The third-order valence-electron chi connectivity index (χ3n) is 8.90. The van der Waals surface area contributed by atoms with Gasteiger partial charge < -0.3 is 13.6 Å². The molecule has 3 heterocycles. The van der Waals surface area contributed by atoms with Gasteiger partial charge in [-0.3, -0.25) is 0 Å². The van der Waals surface area contributed by atoms with Crippen molar-refractivity contribution in [1.29, 1.82) is 5.26 Å². The molecule has 0 bridgehead atoms. The SMILES string of the molecule is [C-]#[N+]C1=C(n2c3ccccc3c3ccc4c5ccccc5oc4c32)CC(C#N)C(n2c3ccccc3c3ccccc32)=C1. The van der Waals surface area contributed by atoms with Crippen molar-refractivity contribution in [1.82, 2.24) is 9.13 Å². The quantitative estimate of drug-likeness (QED) is 0.201. The summed E-state index contributed by atoms with van der Waals surface area (Å²) in [5.74, 6) is -0.467. The van der Waals surface area contributed by atoms with Crippen LogP contribution in [0.15, 0.2) is 125 Å². The number of para-hydroxylation sites is 4. The summed E-state index contributed by atoms with van der Waals surface area (Å²) in [6, 6.07) is 39.8. The Bertz CT molecular complexity index is 2570. The van der Waals surface area contributed by atoms with Crippen molar-refractivity contribution in [2.24, 2.45) is 5.92 Å². The number of hydrogen-bond acceptors (Lipinski definition) is 2. The van der Waals surface area contributed by atoms with Crippen LogP contribution >= 0.6 is 0 Å². The molecule has 5 nitrogen and oxygen atoms in total. The van der Waals surface area contributed by atoms with E-state index < -0.39 is 5.92 Å². The van der Waals surface area contributed by atoms with E-state index in [1.807, 2.05) is 60.7 Å². The monoisotopic (exact) mass is 550 g/mol. The van der Waals surface area contributed by atoms with E-state index in [0.29, 0.717) is 12.1 Å². The maximum atomic E-state index is 10.6. The molecule has 200 valence electrons. The third-order valence-corrected chi connectivity index (χ3v) is 8.90. The molecule has 1 unspecified atom stereocenters. The zero-order valence-corrected chi connectivity index (χ0v) is 23.0. The Morgan fingerprint density at radius 2 is 1.23 bits per heavy atom. The van der Waals surface area contributed by atoms with Gasteiger partial charge in [0.05, 0.1) is 40.6 Å². The van der Waals surface area contributed by atoms with Gasteiger partial charge in [0.2, 0.25) is 5.70 Å². The van der Waals surface area contributed by atoms with Crippen molar-refractivity contribution in [2.45, 2.75) is 6.42 Å². The summed E-state index contributed by atoms with van der Waals surface area (Å²) in [5, 5.41) is 17.1. The molecule has 3 aromatic heterocycles. The molecule has 0 N–H and O–H groups in total. The van der Waals surface area contributed by atoms with Crippen molar-refractivity contribution >= 4 is 76.9 Å². The highest BCUT2D eigenvalue weighted by molar-refractivity contribution is 6.22. The van der Waals surface area contributed by atoms with Crippen LogP contribution in [0.25, 0.3) is 81.8 Å². The van der Waals surface area contributed by atoms with Gasteiger partial charge in [0, 0.05) is 43.7 Å². The predicted molar refractivity (Wildman–Crippen MR) is 174 cm³/mol. The molecule has 5 aromatic carbocycles. The molecule has 0 radical (unpaired) electrons. The van der Waals surface area contributed by atoms with Gasteiger partial charge in [-0.25, -0.2) is 4.85 Å². The molecule has 1 aliphatic carbocycles. The molecule has 0 aliphatic heterocycles. The number of fused-ring (bicyclic) bond motifs is 10. The lowest BCUT2D eigenvalue weighted by molar-refractivity contribution is 0.671. The van der Waals surface area contributed by atoms with Crippen LogP contribution in [0.4, 0.5) is 0 Å². The first-order valence-corrected chi connectivity index (χ1v) is 14.3. The molecule has 5 heteroatoms. The van der Waals surface area contributed by atoms with E-state index in [4.69, 9.17) is 11.0 Å². The Morgan fingerprint density at radius 1 is 0.674 bits per heavy atom. The van der Waals surface area contributed by atoms with Crippen LogP contribution < -0.4 is 0 Å². The minimum Gasteiger partial charge on any atom is -0.454 e. The molecule has 0 spiro atoms. The second-order valence-corrected chi connectivity index (χ2v) is 11.1. The van der Waals surface area contributed by atoms with Crippen molar-refractivity contribution in [3.63, 3.8) is 0 Å². The van der Waals surface area contributed by atoms with Gasteiger partial charge in [-0.05, 0) is 42.8 Å². The molecule has 0 fully saturated rings. The van der Waals surface area contributed by atoms with Crippen LogP contribution in [-0.4, -0.2) is 9.13 Å². The molecular formula is C38H22N4O. The molecule has 1 atom stereocenters. The number of nitrogens with zero attached hydrogens (tertiary/aromatic N) is 4. The molecule has 1 aliphatic rings. The third kappa shape index (κ3) is 3.14. The van der Waals surface area contributed by atoms with Crippen LogP contribution in [0.3, 0.4) is 0 Å². The average Bonchev–Trinajstić information content (AvgIpc) is 3.72. The van der Waals surface area contributed by atoms with Gasteiger partial charge in [-0.2, -0.15) is 5.26 Å². The Hall–Kier alpha value is -6.04. The minimum atomic E-state index is -0.467. The van der Waals surface area contributed by atoms with Crippen molar-refractivity contribution in [3.8, 4) is 6.07 Å². The Labute approximate surface area is 246 Å². The maximum Gasteiger partial charge on any atom is 0.208 e. The summed E-state index contributed by atoms with van der Waals surface area (Å²) in [6.45, 7) is 8.35. The van der Waals surface area contributed by atoms with Gasteiger partial charge in [0.15, 0.2) is 5.58 Å². The zero-order valence-electron chi connectivity index (χ0n) is 23.0. The summed E-state index contributed by atoms with van der Waals surface area (Å²) in [7, 11) is 0. The fourth-order valence-electron chi connectivity index (χ4n) is 7.07. The Kier molecular flexibility index (Phi) is 4.80. The Morgan fingerprint density at radius 3 is 1.88 bits per heavy atom. The van der Waals surface area contributed by atoms with Crippen LogP contribution in [-0.2, 0) is 0 Å². The number of rotatable bonds is 2. The summed E-state index contributed by atoms with van der Waals surface area (Å²) in [4.78, 5) is 4.09. The summed E-state index contributed by atoms with van der Waals surface area (Å²) in [6.07, 6.45) is 2.32. The number of benzene rings is 5. The van der Waals surface area contributed by atoms with E-state index in [-0.39, 0.29) is 0 Å². The molecule has 0 saturated carbocycles. The van der Waals surface area contributed by atoms with E-state index in [1.54, 1.807) is 0 Å². The number of furan rings is 1. The fraction of sp³-hybridized carbons (Fsp3) is 0.0526. The minimum absolute atomic E-state index is 0.394. The smallest absolute Gasteiger partial charge is 0.208 e. The second kappa shape index (κ2) is 8.73. The van der Waals surface area contributed by atoms with Crippen LogP contribution in [0.1, 0.15) is 6.42 Å². The topological polar surface area (TPSA) is 51.1 Å². The summed E-state index contributed by atoms with van der Waals surface area (Å²) < 4.78 is 10.9. The molecule has 0 amide bonds. The van der Waals surface area contributed by atoms with Gasteiger partial charge in [0.1, 0.15) is 5.58 Å². The highest BCUT2D eigenvalue weighted by Crippen LogP contribution is 2.45. The number of allylic oxidation sites excluding steroid dienone is 3. The van der Waals surface area contributed by atoms with E-state index in [0.717, 1.165) is 76.9 Å². The molecule has 43 heavy (non-hydrogen) atoms. The summed E-state index contributed by atoms with van der Waals surface area (Å²) >= 11 is 0. The van der Waals surface area contributed by atoms with E-state index >= 15 is 0 Å². The van der Waals surface area contributed by atoms with Crippen LogP contribution in [0.5, 0.6) is 0 Å². The lowest BCUT2D eigenvalue weighted by Gasteiger charge is -2.25. The average molecular weight is 551 g/mol. The summed E-state index contributed by atoms with van der Waals surface area (Å²) in [5.41, 5.74) is 7.76. The number of hydrogen-bond donors (Lipinski definition) is 0. The van der Waals surface area contributed by atoms with Gasteiger partial charge >= 0.3 is 0 Å². The highest BCUT2D eigenvalue weighted by atomic mass is 16.3. The standard InChI is InChI=1S/C38H22N4O/c1-40-30-21-34(41-31-14-6-2-10-24(31)25-11-3-7-15-32(25)41)23(22-39)20-35(30)42-33-16-8-4-12-26(33)28-18-19-29-27-13-5-9-17-36(27)43-38(29)37(28)42/h2-19,21,23H,20H2. The van der Waals surface area contributed by atoms with Crippen molar-refractivity contribution in [2.75, 3.05) is 0 Å². The molecule has 9 rings (SSSR count). The number of aromatic nitrogens is 2. The first-order valence-electron chi connectivity index (χ1n) is 14.3. The fourth-order valence-corrected chi connectivity index (χ4v) is 7.07. The van der Waals surface area contributed by atoms with Crippen molar-refractivity contribution in [3.05, 3.63) is 132 Å². The number of nitriles is 1. The largest absolute Gasteiger partial charge is 0.454 e. The van der Waals surface area contributed by atoms with Gasteiger partial charge in [0.25, 0.3) is 0 Å². The van der Waals surface area contributed by atoms with Crippen LogP contribution in [0, 0.1) is 23.8 Å². The molecular weight excluding hydrogens is 528 g/mol. The zero-order chi connectivity index (χ0) is 28.7. The first kappa shape index (κ1) is 23.6. The lowest BCUT2D eigenvalue weighted by Crippen LogP contribution is -2.16.